The van der Waals surface area contributed by atoms with Crippen LogP contribution < -0.4 is 0 Å². The van der Waals surface area contributed by atoms with Crippen molar-refractivity contribution in [2.45, 2.75) is 11.8 Å². The van der Waals surface area contributed by atoms with Crippen LogP contribution in [0.3, 0.4) is 0 Å². The molecule has 0 aliphatic carbocycles. The number of benzene rings is 2. The third-order valence-electron chi connectivity index (χ3n) is 3.33. The average molecular weight is 236 g/mol. The van der Waals surface area contributed by atoms with Gasteiger partial charge in [-0.05, 0) is 11.1 Å². The molecule has 0 atom stereocenters. The summed E-state index contributed by atoms with van der Waals surface area (Å²) >= 11 is 0. The summed E-state index contributed by atoms with van der Waals surface area (Å²) in [5, 5.41) is 9.92. The summed E-state index contributed by atoms with van der Waals surface area (Å²) in [5.74, 6) is 2.70. The summed E-state index contributed by atoms with van der Waals surface area (Å²) in [6, 6.07) is 19.9. The molecule has 1 nitrogen and oxygen atoms in total. The minimum absolute atomic E-state index is 0.00519. The van der Waals surface area contributed by atoms with Gasteiger partial charge in [0.25, 0.3) is 0 Å². The van der Waals surface area contributed by atoms with Crippen LogP contribution in [0.2, 0.25) is 0 Å². The Kier molecular flexibility index (Phi) is 3.82. The Bertz CT molecular complexity index is 483. The van der Waals surface area contributed by atoms with Gasteiger partial charge in [0.05, 0.1) is 12.0 Å². The molecule has 2 aromatic rings. The van der Waals surface area contributed by atoms with Gasteiger partial charge in [-0.25, -0.2) is 0 Å². The molecule has 0 aliphatic rings. The maximum atomic E-state index is 9.92. The molecule has 0 saturated carbocycles. The number of hydrogen-bond donors (Lipinski definition) is 1. The van der Waals surface area contributed by atoms with Crippen LogP contribution in [0.25, 0.3) is 0 Å². The van der Waals surface area contributed by atoms with Gasteiger partial charge in [-0.15, -0.1) is 12.3 Å². The smallest absolute Gasteiger partial charge is 0.0578 e. The van der Waals surface area contributed by atoms with Gasteiger partial charge in [0.1, 0.15) is 0 Å². The fourth-order valence-electron chi connectivity index (χ4n) is 2.30. The molecule has 0 saturated heterocycles. The molecule has 2 aromatic carbocycles. The minimum atomic E-state index is -0.503. The Hall–Kier alpha value is -2.04. The molecule has 18 heavy (non-hydrogen) atoms. The van der Waals surface area contributed by atoms with Crippen molar-refractivity contribution >= 4 is 0 Å². The zero-order valence-electron chi connectivity index (χ0n) is 10.2. The maximum absolute atomic E-state index is 9.92. The molecule has 0 heterocycles. The maximum Gasteiger partial charge on any atom is 0.0578 e. The van der Waals surface area contributed by atoms with Crippen LogP contribution in [0.15, 0.2) is 60.7 Å². The van der Waals surface area contributed by atoms with Crippen molar-refractivity contribution in [1.29, 1.82) is 0 Å². The molecule has 0 radical (unpaired) electrons. The number of terminal acetylenes is 1. The molecule has 0 amide bonds. The summed E-state index contributed by atoms with van der Waals surface area (Å²) in [4.78, 5) is 0. The van der Waals surface area contributed by atoms with Gasteiger partial charge >= 0.3 is 0 Å². The Morgan fingerprint density at radius 3 is 1.67 bits per heavy atom. The predicted octanol–water partition coefficient (Wildman–Crippen LogP) is 2.99. The van der Waals surface area contributed by atoms with E-state index in [1.54, 1.807) is 0 Å². The molecule has 90 valence electrons. The second-order valence-electron chi connectivity index (χ2n) is 4.35. The molecular weight excluding hydrogens is 220 g/mol. The van der Waals surface area contributed by atoms with E-state index in [4.69, 9.17) is 6.42 Å². The summed E-state index contributed by atoms with van der Waals surface area (Å²) in [7, 11) is 0. The summed E-state index contributed by atoms with van der Waals surface area (Å²) < 4.78 is 0. The largest absolute Gasteiger partial charge is 0.395 e. The van der Waals surface area contributed by atoms with Crippen molar-refractivity contribution in [3.05, 3.63) is 71.8 Å². The number of hydrogen-bond acceptors (Lipinski definition) is 1. The topological polar surface area (TPSA) is 20.2 Å². The molecule has 0 bridgehead atoms. The van der Waals surface area contributed by atoms with Gasteiger partial charge in [-0.2, -0.15) is 0 Å². The van der Waals surface area contributed by atoms with E-state index in [1.807, 2.05) is 60.7 Å². The van der Waals surface area contributed by atoms with Gasteiger partial charge in [0.15, 0.2) is 0 Å². The van der Waals surface area contributed by atoms with Crippen molar-refractivity contribution in [1.82, 2.24) is 0 Å². The molecular formula is C17H16O. The zero-order chi connectivity index (χ0) is 12.8. The Balaban J connectivity index is 2.58. The highest BCUT2D eigenvalue weighted by atomic mass is 16.3. The molecule has 0 spiro atoms. The van der Waals surface area contributed by atoms with Gasteiger partial charge in [-0.1, -0.05) is 60.7 Å². The van der Waals surface area contributed by atoms with E-state index in [2.05, 4.69) is 5.92 Å². The van der Waals surface area contributed by atoms with E-state index in [9.17, 15) is 5.11 Å². The summed E-state index contributed by atoms with van der Waals surface area (Å²) in [6.45, 7) is 0.00519. The first-order valence-corrected chi connectivity index (χ1v) is 5.99. The van der Waals surface area contributed by atoms with Crippen molar-refractivity contribution in [2.75, 3.05) is 6.61 Å². The van der Waals surface area contributed by atoms with Crippen molar-refractivity contribution in [3.63, 3.8) is 0 Å². The highest BCUT2D eigenvalue weighted by Gasteiger charge is 2.32. The summed E-state index contributed by atoms with van der Waals surface area (Å²) in [5.41, 5.74) is 1.60. The van der Waals surface area contributed by atoms with E-state index in [-0.39, 0.29) is 6.61 Å². The third-order valence-corrected chi connectivity index (χ3v) is 3.33. The van der Waals surface area contributed by atoms with Gasteiger partial charge < -0.3 is 5.11 Å². The fourth-order valence-corrected chi connectivity index (χ4v) is 2.30. The first-order chi connectivity index (χ1) is 8.83. The summed E-state index contributed by atoms with van der Waals surface area (Å²) in [6.07, 6.45) is 5.99. The third kappa shape index (κ3) is 2.16. The molecule has 0 aromatic heterocycles. The Morgan fingerprint density at radius 2 is 1.33 bits per heavy atom. The first-order valence-electron chi connectivity index (χ1n) is 5.99. The highest BCUT2D eigenvalue weighted by molar-refractivity contribution is 5.40. The van der Waals surface area contributed by atoms with Crippen molar-refractivity contribution < 1.29 is 5.11 Å². The lowest BCUT2D eigenvalue weighted by Gasteiger charge is -2.31. The minimum Gasteiger partial charge on any atom is -0.395 e. The SMILES string of the molecule is C#CCC(CO)(c1ccccc1)c1ccccc1. The van der Waals surface area contributed by atoms with Crippen molar-refractivity contribution in [2.24, 2.45) is 0 Å². The van der Waals surface area contributed by atoms with Crippen LogP contribution in [-0.4, -0.2) is 11.7 Å². The molecule has 0 aliphatic heterocycles. The van der Waals surface area contributed by atoms with E-state index < -0.39 is 5.41 Å². The molecule has 1 N–H and O–H groups in total. The van der Waals surface area contributed by atoms with Crippen LogP contribution >= 0.6 is 0 Å². The second kappa shape index (κ2) is 5.53. The van der Waals surface area contributed by atoms with Crippen molar-refractivity contribution in [3.8, 4) is 12.3 Å². The van der Waals surface area contributed by atoms with Crippen LogP contribution in [-0.2, 0) is 5.41 Å². The van der Waals surface area contributed by atoms with Crippen LogP contribution in [0, 0.1) is 12.3 Å². The number of aliphatic hydroxyl groups excluding tert-OH is 1. The molecule has 2 rings (SSSR count). The monoisotopic (exact) mass is 236 g/mol. The Morgan fingerprint density at radius 1 is 0.889 bits per heavy atom. The highest BCUT2D eigenvalue weighted by Crippen LogP contribution is 2.34. The quantitative estimate of drug-likeness (QED) is 0.809. The first kappa shape index (κ1) is 12.4. The lowest BCUT2D eigenvalue weighted by molar-refractivity contribution is 0.222. The van der Waals surface area contributed by atoms with Gasteiger partial charge in [0.2, 0.25) is 0 Å². The molecule has 1 heteroatoms. The van der Waals surface area contributed by atoms with Crippen LogP contribution in [0.5, 0.6) is 0 Å². The normalized spacial score (nSPS) is 10.9. The predicted molar refractivity (Wildman–Crippen MR) is 74.2 cm³/mol. The molecule has 0 unspecified atom stereocenters. The van der Waals surface area contributed by atoms with E-state index in [0.29, 0.717) is 6.42 Å². The van der Waals surface area contributed by atoms with Crippen LogP contribution in [0.4, 0.5) is 0 Å². The van der Waals surface area contributed by atoms with Gasteiger partial charge in [0, 0.05) is 6.42 Å². The Labute approximate surface area is 108 Å². The second-order valence-corrected chi connectivity index (χ2v) is 4.35. The number of aliphatic hydroxyl groups is 1. The lowest BCUT2D eigenvalue weighted by atomic mass is 9.73. The lowest BCUT2D eigenvalue weighted by Crippen LogP contribution is -2.31. The average Bonchev–Trinajstić information content (AvgIpc) is 2.47. The number of rotatable bonds is 4. The zero-order valence-corrected chi connectivity index (χ0v) is 10.2. The standard InChI is InChI=1S/C17H16O/c1-2-13-17(14-18,15-9-5-3-6-10-15)16-11-7-4-8-12-16/h1,3-12,18H,13-14H2. The van der Waals surface area contributed by atoms with E-state index in [1.165, 1.54) is 0 Å². The fraction of sp³-hybridized carbons (Fsp3) is 0.176. The van der Waals surface area contributed by atoms with Gasteiger partial charge in [-0.3, -0.25) is 0 Å². The van der Waals surface area contributed by atoms with E-state index in [0.717, 1.165) is 11.1 Å². The van der Waals surface area contributed by atoms with Crippen LogP contribution in [0.1, 0.15) is 17.5 Å². The van der Waals surface area contributed by atoms with E-state index >= 15 is 0 Å². The molecule has 0 fully saturated rings.